The zero-order chi connectivity index (χ0) is 10.7. The number of rotatable bonds is 3. The van der Waals surface area contributed by atoms with E-state index in [2.05, 4.69) is 29.3 Å². The number of aryl methyl sites for hydroxylation is 1. The summed E-state index contributed by atoms with van der Waals surface area (Å²) >= 11 is 0. The van der Waals surface area contributed by atoms with Crippen LogP contribution >= 0.6 is 0 Å². The summed E-state index contributed by atoms with van der Waals surface area (Å²) in [5, 5.41) is 7.47. The van der Waals surface area contributed by atoms with Crippen molar-refractivity contribution in [3.63, 3.8) is 0 Å². The Hall–Kier alpha value is -0.900. The molecule has 4 nitrogen and oxygen atoms in total. The molecule has 0 spiro atoms. The van der Waals surface area contributed by atoms with Crippen LogP contribution < -0.4 is 5.32 Å². The zero-order valence-corrected chi connectivity index (χ0v) is 9.55. The summed E-state index contributed by atoms with van der Waals surface area (Å²) in [6.45, 7) is 5.31. The van der Waals surface area contributed by atoms with Crippen molar-refractivity contribution in [2.75, 3.05) is 6.54 Å². The first-order valence-electron chi connectivity index (χ1n) is 5.83. The van der Waals surface area contributed by atoms with Gasteiger partial charge in [-0.25, -0.2) is 0 Å². The molecule has 2 heterocycles. The molecule has 1 aromatic heterocycles. The van der Waals surface area contributed by atoms with Crippen LogP contribution in [0.1, 0.15) is 51.2 Å². The van der Waals surface area contributed by atoms with Gasteiger partial charge < -0.3 is 9.84 Å². The van der Waals surface area contributed by atoms with Gasteiger partial charge in [0.1, 0.15) is 0 Å². The summed E-state index contributed by atoms with van der Waals surface area (Å²) in [6, 6.07) is 0. The second kappa shape index (κ2) is 4.31. The molecule has 2 rings (SSSR count). The number of piperidine rings is 1. The number of hydrogen-bond acceptors (Lipinski definition) is 4. The molecule has 4 heteroatoms. The lowest BCUT2D eigenvalue weighted by molar-refractivity contribution is 0.206. The molecule has 0 amide bonds. The molecule has 1 saturated heterocycles. The molecule has 15 heavy (non-hydrogen) atoms. The summed E-state index contributed by atoms with van der Waals surface area (Å²) in [4.78, 5) is 4.46. The van der Waals surface area contributed by atoms with Gasteiger partial charge in [0, 0.05) is 6.42 Å². The third-order valence-electron chi connectivity index (χ3n) is 3.03. The third-order valence-corrected chi connectivity index (χ3v) is 3.03. The lowest BCUT2D eigenvalue weighted by atomic mass is 9.91. The molecule has 0 aromatic carbocycles. The molecule has 84 valence electrons. The van der Waals surface area contributed by atoms with E-state index in [0.717, 1.165) is 37.5 Å². The quantitative estimate of drug-likeness (QED) is 0.827. The maximum absolute atomic E-state index is 5.34. The first-order valence-corrected chi connectivity index (χ1v) is 5.83. The highest BCUT2D eigenvalue weighted by Crippen LogP contribution is 2.28. The van der Waals surface area contributed by atoms with Crippen molar-refractivity contribution in [3.8, 4) is 0 Å². The second-order valence-electron chi connectivity index (χ2n) is 4.48. The van der Waals surface area contributed by atoms with Crippen LogP contribution in [0.2, 0.25) is 0 Å². The van der Waals surface area contributed by atoms with E-state index in [1.165, 1.54) is 12.8 Å². The Bertz CT molecular complexity index is 315. The fraction of sp³-hybridized carbons (Fsp3) is 0.818. The van der Waals surface area contributed by atoms with Crippen molar-refractivity contribution < 1.29 is 4.52 Å². The van der Waals surface area contributed by atoms with Gasteiger partial charge in [-0.3, -0.25) is 0 Å². The van der Waals surface area contributed by atoms with Gasteiger partial charge in [-0.2, -0.15) is 4.98 Å². The molecule has 0 aliphatic carbocycles. The molecular formula is C11H19N3O. The van der Waals surface area contributed by atoms with Crippen molar-refractivity contribution in [2.45, 2.75) is 51.5 Å². The van der Waals surface area contributed by atoms with Gasteiger partial charge in [0.25, 0.3) is 0 Å². The fourth-order valence-corrected chi connectivity index (χ4v) is 2.04. The highest BCUT2D eigenvalue weighted by atomic mass is 16.5. The van der Waals surface area contributed by atoms with Gasteiger partial charge in [-0.05, 0) is 39.2 Å². The van der Waals surface area contributed by atoms with E-state index < -0.39 is 0 Å². The Balaban J connectivity index is 2.12. The second-order valence-corrected chi connectivity index (χ2v) is 4.48. The Morgan fingerprint density at radius 3 is 3.00 bits per heavy atom. The average molecular weight is 209 g/mol. The van der Waals surface area contributed by atoms with Crippen LogP contribution in [0, 0.1) is 0 Å². The van der Waals surface area contributed by atoms with E-state index in [1.54, 1.807) is 0 Å². The van der Waals surface area contributed by atoms with Crippen molar-refractivity contribution in [3.05, 3.63) is 11.7 Å². The summed E-state index contributed by atoms with van der Waals surface area (Å²) in [7, 11) is 0. The van der Waals surface area contributed by atoms with E-state index in [1.807, 2.05) is 0 Å². The van der Waals surface area contributed by atoms with Crippen molar-refractivity contribution in [1.29, 1.82) is 0 Å². The highest BCUT2D eigenvalue weighted by molar-refractivity contribution is 5.03. The van der Waals surface area contributed by atoms with Crippen LogP contribution in [0.4, 0.5) is 0 Å². The summed E-state index contributed by atoms with van der Waals surface area (Å²) < 4.78 is 5.34. The van der Waals surface area contributed by atoms with Crippen LogP contribution in [0.15, 0.2) is 4.52 Å². The molecule has 1 N–H and O–H groups in total. The molecule has 1 aliphatic rings. The van der Waals surface area contributed by atoms with Gasteiger partial charge in [-0.1, -0.05) is 12.1 Å². The minimum atomic E-state index is -0.1000. The van der Waals surface area contributed by atoms with Crippen molar-refractivity contribution >= 4 is 0 Å². The van der Waals surface area contributed by atoms with Crippen LogP contribution in [-0.2, 0) is 12.0 Å². The normalized spacial score (nSPS) is 26.8. The molecule has 1 unspecified atom stereocenters. The topological polar surface area (TPSA) is 51.0 Å². The molecule has 1 aromatic rings. The number of hydrogen-bond donors (Lipinski definition) is 1. The average Bonchev–Trinajstić information content (AvgIpc) is 2.69. The van der Waals surface area contributed by atoms with Gasteiger partial charge in [-0.15, -0.1) is 0 Å². The zero-order valence-electron chi connectivity index (χ0n) is 9.55. The van der Waals surface area contributed by atoms with E-state index in [-0.39, 0.29) is 5.54 Å². The van der Waals surface area contributed by atoms with Crippen LogP contribution in [0.5, 0.6) is 0 Å². The van der Waals surface area contributed by atoms with Crippen LogP contribution in [0.25, 0.3) is 0 Å². The smallest absolute Gasteiger partial charge is 0.246 e. The molecule has 1 atom stereocenters. The predicted molar refractivity (Wildman–Crippen MR) is 57.5 cm³/mol. The molecule has 1 aliphatic heterocycles. The van der Waals surface area contributed by atoms with Gasteiger partial charge in [0.05, 0.1) is 5.54 Å². The molecule has 1 fully saturated rings. The maximum Gasteiger partial charge on any atom is 0.246 e. The van der Waals surface area contributed by atoms with E-state index in [9.17, 15) is 0 Å². The molecule has 0 radical (unpaired) electrons. The van der Waals surface area contributed by atoms with Gasteiger partial charge in [0.2, 0.25) is 5.89 Å². The van der Waals surface area contributed by atoms with Crippen LogP contribution in [0.3, 0.4) is 0 Å². The van der Waals surface area contributed by atoms with Crippen LogP contribution in [-0.4, -0.2) is 16.7 Å². The van der Waals surface area contributed by atoms with Crippen molar-refractivity contribution in [1.82, 2.24) is 15.5 Å². The Labute approximate surface area is 90.4 Å². The summed E-state index contributed by atoms with van der Waals surface area (Å²) in [5.74, 6) is 1.59. The lowest BCUT2D eigenvalue weighted by Gasteiger charge is -2.31. The van der Waals surface area contributed by atoms with Gasteiger partial charge >= 0.3 is 0 Å². The lowest BCUT2D eigenvalue weighted by Crippen LogP contribution is -2.43. The minimum Gasteiger partial charge on any atom is -0.337 e. The molecule has 0 bridgehead atoms. The number of aromatic nitrogens is 2. The first-order chi connectivity index (χ1) is 7.24. The number of nitrogens with one attached hydrogen (secondary N) is 1. The Morgan fingerprint density at radius 2 is 2.33 bits per heavy atom. The highest BCUT2D eigenvalue weighted by Gasteiger charge is 2.33. The van der Waals surface area contributed by atoms with Gasteiger partial charge in [0.15, 0.2) is 5.82 Å². The third kappa shape index (κ3) is 2.20. The minimum absolute atomic E-state index is 0.1000. The largest absolute Gasteiger partial charge is 0.337 e. The summed E-state index contributed by atoms with van der Waals surface area (Å²) in [5.41, 5.74) is -0.1000. The van der Waals surface area contributed by atoms with E-state index >= 15 is 0 Å². The van der Waals surface area contributed by atoms with E-state index in [4.69, 9.17) is 4.52 Å². The number of nitrogens with zero attached hydrogens (tertiary/aromatic N) is 2. The van der Waals surface area contributed by atoms with E-state index in [0.29, 0.717) is 0 Å². The SMILES string of the molecule is CCCc1noc(C2(C)CCCCN2)n1. The predicted octanol–water partition coefficient (Wildman–Crippen LogP) is 2.01. The Kier molecular flexibility index (Phi) is 3.05. The summed E-state index contributed by atoms with van der Waals surface area (Å²) in [6.07, 6.45) is 5.52. The monoisotopic (exact) mass is 209 g/mol. The maximum atomic E-state index is 5.34. The molecule has 0 saturated carbocycles. The standard InChI is InChI=1S/C11H19N3O/c1-3-6-9-13-10(15-14-9)11(2)7-4-5-8-12-11/h12H,3-8H2,1-2H3. The first kappa shape index (κ1) is 10.6. The van der Waals surface area contributed by atoms with Crippen molar-refractivity contribution in [2.24, 2.45) is 0 Å². The Morgan fingerprint density at radius 1 is 1.47 bits per heavy atom. The molecular weight excluding hydrogens is 190 g/mol. The fourth-order valence-electron chi connectivity index (χ4n) is 2.04.